The van der Waals surface area contributed by atoms with E-state index in [0.717, 1.165) is 0 Å². The Kier molecular flexibility index (Phi) is 4.25. The van der Waals surface area contributed by atoms with Gasteiger partial charge >= 0.3 is 0 Å². The molecule has 0 saturated heterocycles. The van der Waals surface area contributed by atoms with Gasteiger partial charge in [0, 0.05) is 6.20 Å². The van der Waals surface area contributed by atoms with Crippen molar-refractivity contribution in [1.29, 1.82) is 0 Å². The molecule has 0 aliphatic carbocycles. The Morgan fingerprint density at radius 3 is 2.81 bits per heavy atom. The molecular formula is C11H17N3O2. The van der Waals surface area contributed by atoms with E-state index in [2.05, 4.69) is 10.3 Å². The SMILES string of the molecule is COc1ncccc1NC(=O)[C@@H](N)C(C)C. The first-order valence-electron chi connectivity index (χ1n) is 5.11. The molecule has 1 heterocycles. The molecule has 1 rings (SSSR count). The fourth-order valence-electron chi connectivity index (χ4n) is 1.17. The maximum atomic E-state index is 11.7. The molecule has 16 heavy (non-hydrogen) atoms. The average molecular weight is 223 g/mol. The van der Waals surface area contributed by atoms with Crippen LogP contribution in [0.1, 0.15) is 13.8 Å². The topological polar surface area (TPSA) is 77.2 Å². The summed E-state index contributed by atoms with van der Waals surface area (Å²) in [4.78, 5) is 15.7. The number of rotatable bonds is 4. The molecule has 0 aromatic carbocycles. The molecular weight excluding hydrogens is 206 g/mol. The zero-order valence-electron chi connectivity index (χ0n) is 9.73. The minimum atomic E-state index is -0.537. The summed E-state index contributed by atoms with van der Waals surface area (Å²) < 4.78 is 5.02. The number of pyridine rings is 1. The minimum Gasteiger partial charge on any atom is -0.480 e. The van der Waals surface area contributed by atoms with Crippen molar-refractivity contribution >= 4 is 11.6 Å². The molecule has 1 amide bonds. The van der Waals surface area contributed by atoms with Crippen LogP contribution in [0.3, 0.4) is 0 Å². The molecule has 0 bridgehead atoms. The first-order valence-corrected chi connectivity index (χ1v) is 5.11. The molecule has 0 aliphatic rings. The van der Waals surface area contributed by atoms with E-state index >= 15 is 0 Å². The molecule has 1 aromatic rings. The summed E-state index contributed by atoms with van der Waals surface area (Å²) in [6, 6.07) is 2.90. The number of nitrogens with one attached hydrogen (secondary N) is 1. The zero-order chi connectivity index (χ0) is 12.1. The third kappa shape index (κ3) is 2.93. The van der Waals surface area contributed by atoms with E-state index in [0.29, 0.717) is 11.6 Å². The van der Waals surface area contributed by atoms with Gasteiger partial charge in [-0.3, -0.25) is 4.79 Å². The highest BCUT2D eigenvalue weighted by Gasteiger charge is 2.18. The second-order valence-corrected chi connectivity index (χ2v) is 3.82. The van der Waals surface area contributed by atoms with Gasteiger partial charge in [0.2, 0.25) is 11.8 Å². The Morgan fingerprint density at radius 1 is 1.56 bits per heavy atom. The van der Waals surface area contributed by atoms with Gasteiger partial charge in [-0.2, -0.15) is 0 Å². The van der Waals surface area contributed by atoms with Crippen molar-refractivity contribution < 1.29 is 9.53 Å². The number of ether oxygens (including phenoxy) is 1. The van der Waals surface area contributed by atoms with E-state index in [1.54, 1.807) is 18.3 Å². The molecule has 0 spiro atoms. The van der Waals surface area contributed by atoms with Crippen LogP contribution in [0.5, 0.6) is 5.88 Å². The van der Waals surface area contributed by atoms with E-state index in [-0.39, 0.29) is 11.8 Å². The van der Waals surface area contributed by atoms with E-state index in [1.165, 1.54) is 7.11 Å². The van der Waals surface area contributed by atoms with Crippen LogP contribution in [-0.2, 0) is 4.79 Å². The highest BCUT2D eigenvalue weighted by molar-refractivity contribution is 5.95. The summed E-state index contributed by atoms with van der Waals surface area (Å²) in [6.45, 7) is 3.79. The Hall–Kier alpha value is -1.62. The molecule has 0 aliphatic heterocycles. The molecule has 88 valence electrons. The van der Waals surface area contributed by atoms with Crippen LogP contribution < -0.4 is 15.8 Å². The lowest BCUT2D eigenvalue weighted by molar-refractivity contribution is -0.118. The van der Waals surface area contributed by atoms with Crippen LogP contribution in [0.15, 0.2) is 18.3 Å². The number of aromatic nitrogens is 1. The number of hydrogen-bond donors (Lipinski definition) is 2. The third-order valence-electron chi connectivity index (χ3n) is 2.24. The molecule has 1 atom stereocenters. The van der Waals surface area contributed by atoms with Gasteiger partial charge in [0.25, 0.3) is 0 Å². The fourth-order valence-corrected chi connectivity index (χ4v) is 1.17. The molecule has 1 aromatic heterocycles. The van der Waals surface area contributed by atoms with Crippen LogP contribution >= 0.6 is 0 Å². The number of amides is 1. The van der Waals surface area contributed by atoms with Crippen molar-refractivity contribution in [3.05, 3.63) is 18.3 Å². The number of nitrogens with two attached hydrogens (primary N) is 1. The lowest BCUT2D eigenvalue weighted by Gasteiger charge is -2.16. The van der Waals surface area contributed by atoms with Gasteiger partial charge in [0.1, 0.15) is 5.69 Å². The largest absolute Gasteiger partial charge is 0.480 e. The van der Waals surface area contributed by atoms with E-state index in [1.807, 2.05) is 13.8 Å². The van der Waals surface area contributed by atoms with Crippen LogP contribution in [0.4, 0.5) is 5.69 Å². The van der Waals surface area contributed by atoms with Crippen molar-refractivity contribution in [3.8, 4) is 5.88 Å². The van der Waals surface area contributed by atoms with E-state index < -0.39 is 6.04 Å². The molecule has 5 heteroatoms. The average Bonchev–Trinajstić information content (AvgIpc) is 2.28. The van der Waals surface area contributed by atoms with Gasteiger partial charge in [0.05, 0.1) is 13.2 Å². The van der Waals surface area contributed by atoms with Gasteiger partial charge in [-0.25, -0.2) is 4.98 Å². The molecule has 0 unspecified atom stereocenters. The van der Waals surface area contributed by atoms with Gasteiger partial charge in [-0.1, -0.05) is 13.8 Å². The molecule has 3 N–H and O–H groups in total. The van der Waals surface area contributed by atoms with Crippen molar-refractivity contribution in [2.75, 3.05) is 12.4 Å². The lowest BCUT2D eigenvalue weighted by Crippen LogP contribution is -2.39. The summed E-state index contributed by atoms with van der Waals surface area (Å²) in [5.41, 5.74) is 6.26. The second kappa shape index (κ2) is 5.46. The van der Waals surface area contributed by atoms with E-state index in [9.17, 15) is 4.79 Å². The van der Waals surface area contributed by atoms with Gasteiger partial charge in [-0.05, 0) is 18.1 Å². The first-order chi connectivity index (χ1) is 7.56. The number of anilines is 1. The summed E-state index contributed by atoms with van der Waals surface area (Å²) >= 11 is 0. The number of nitrogens with zero attached hydrogens (tertiary/aromatic N) is 1. The van der Waals surface area contributed by atoms with Crippen molar-refractivity contribution in [2.24, 2.45) is 11.7 Å². The number of hydrogen-bond acceptors (Lipinski definition) is 4. The maximum Gasteiger partial charge on any atom is 0.241 e. The standard InChI is InChI=1S/C11H17N3O2/c1-7(2)9(12)10(15)14-8-5-4-6-13-11(8)16-3/h4-7,9H,12H2,1-3H3,(H,14,15)/t9-/m0/s1. The highest BCUT2D eigenvalue weighted by atomic mass is 16.5. The molecule has 5 nitrogen and oxygen atoms in total. The molecule has 0 radical (unpaired) electrons. The number of methoxy groups -OCH3 is 1. The fraction of sp³-hybridized carbons (Fsp3) is 0.455. The number of carbonyl (C=O) groups is 1. The van der Waals surface area contributed by atoms with Crippen molar-refractivity contribution in [3.63, 3.8) is 0 Å². The van der Waals surface area contributed by atoms with E-state index in [4.69, 9.17) is 10.5 Å². The smallest absolute Gasteiger partial charge is 0.241 e. The van der Waals surface area contributed by atoms with Crippen molar-refractivity contribution in [2.45, 2.75) is 19.9 Å². The quantitative estimate of drug-likeness (QED) is 0.798. The second-order valence-electron chi connectivity index (χ2n) is 3.82. The number of carbonyl (C=O) groups excluding carboxylic acids is 1. The predicted molar refractivity (Wildman–Crippen MR) is 62.2 cm³/mol. The first kappa shape index (κ1) is 12.4. The van der Waals surface area contributed by atoms with Crippen LogP contribution in [0.25, 0.3) is 0 Å². The minimum absolute atomic E-state index is 0.0858. The maximum absolute atomic E-state index is 11.7. The summed E-state index contributed by atoms with van der Waals surface area (Å²) in [5, 5.41) is 2.69. The molecule has 0 saturated carbocycles. The summed E-state index contributed by atoms with van der Waals surface area (Å²) in [5.74, 6) is 0.232. The van der Waals surface area contributed by atoms with Crippen LogP contribution in [0.2, 0.25) is 0 Å². The monoisotopic (exact) mass is 223 g/mol. The molecule has 0 fully saturated rings. The van der Waals surface area contributed by atoms with Gasteiger partial charge in [0.15, 0.2) is 0 Å². The third-order valence-corrected chi connectivity index (χ3v) is 2.24. The van der Waals surface area contributed by atoms with Gasteiger partial charge < -0.3 is 15.8 Å². The van der Waals surface area contributed by atoms with Gasteiger partial charge in [-0.15, -0.1) is 0 Å². The highest BCUT2D eigenvalue weighted by Crippen LogP contribution is 2.20. The summed E-state index contributed by atoms with van der Waals surface area (Å²) in [6.07, 6.45) is 1.59. The Morgan fingerprint density at radius 2 is 2.25 bits per heavy atom. The Labute approximate surface area is 95.0 Å². The predicted octanol–water partition coefficient (Wildman–Crippen LogP) is 1.01. The Balaban J connectivity index is 2.76. The Bertz CT molecular complexity index is 366. The van der Waals surface area contributed by atoms with Crippen LogP contribution in [0, 0.1) is 5.92 Å². The van der Waals surface area contributed by atoms with Crippen molar-refractivity contribution in [1.82, 2.24) is 4.98 Å². The van der Waals surface area contributed by atoms with Crippen LogP contribution in [-0.4, -0.2) is 24.0 Å². The lowest BCUT2D eigenvalue weighted by atomic mass is 10.1. The normalized spacial score (nSPS) is 12.3. The zero-order valence-corrected chi connectivity index (χ0v) is 9.73. The summed E-state index contributed by atoms with van der Waals surface area (Å²) in [7, 11) is 1.50.